The standard InChI is InChI=1S/C15H20N4OS2/c1-16-15-18-13(10-22-15)14(20)17-11-4-2-6-19(8-11)9-12-5-3-7-21-12/h3,5,7,10-11H,2,4,6,8-9H2,1H3,(H,16,18)(H,17,20)/t11-/m0/s1. The van der Waals surface area contributed by atoms with Crippen LogP contribution in [0.2, 0.25) is 0 Å². The number of piperidine rings is 1. The van der Waals surface area contributed by atoms with Crippen LogP contribution in [0.25, 0.3) is 0 Å². The van der Waals surface area contributed by atoms with Crippen LogP contribution >= 0.6 is 22.7 Å². The highest BCUT2D eigenvalue weighted by molar-refractivity contribution is 7.13. The van der Waals surface area contributed by atoms with Crippen molar-refractivity contribution < 1.29 is 4.79 Å². The number of nitrogens with one attached hydrogen (secondary N) is 2. The third kappa shape index (κ3) is 3.85. The summed E-state index contributed by atoms with van der Waals surface area (Å²) in [7, 11) is 1.81. The van der Waals surface area contributed by atoms with Gasteiger partial charge in [-0.1, -0.05) is 6.07 Å². The highest BCUT2D eigenvalue weighted by atomic mass is 32.1. The lowest BCUT2D eigenvalue weighted by molar-refractivity contribution is 0.0897. The zero-order valence-corrected chi connectivity index (χ0v) is 14.2. The number of nitrogens with zero attached hydrogens (tertiary/aromatic N) is 2. The van der Waals surface area contributed by atoms with Crippen LogP contribution < -0.4 is 10.6 Å². The number of carbonyl (C=O) groups is 1. The first-order valence-corrected chi connectivity index (χ1v) is 9.19. The van der Waals surface area contributed by atoms with Crippen molar-refractivity contribution in [2.45, 2.75) is 25.4 Å². The fourth-order valence-electron chi connectivity index (χ4n) is 2.69. The zero-order valence-electron chi connectivity index (χ0n) is 12.5. The normalized spacial score (nSPS) is 19.0. The van der Waals surface area contributed by atoms with Crippen molar-refractivity contribution in [3.63, 3.8) is 0 Å². The molecular formula is C15H20N4OS2. The Bertz CT molecular complexity index is 611. The summed E-state index contributed by atoms with van der Waals surface area (Å²) in [4.78, 5) is 20.3. The summed E-state index contributed by atoms with van der Waals surface area (Å²) in [6, 6.07) is 4.47. The summed E-state index contributed by atoms with van der Waals surface area (Å²) in [6.45, 7) is 2.99. The van der Waals surface area contributed by atoms with Crippen LogP contribution in [-0.4, -0.2) is 42.0 Å². The van der Waals surface area contributed by atoms with Gasteiger partial charge in [-0.25, -0.2) is 4.98 Å². The van der Waals surface area contributed by atoms with E-state index in [0.29, 0.717) is 5.69 Å². The first-order chi connectivity index (χ1) is 10.7. The molecule has 22 heavy (non-hydrogen) atoms. The number of aromatic nitrogens is 1. The minimum Gasteiger partial charge on any atom is -0.365 e. The van der Waals surface area contributed by atoms with Crippen molar-refractivity contribution in [1.29, 1.82) is 0 Å². The van der Waals surface area contributed by atoms with Crippen molar-refractivity contribution in [3.05, 3.63) is 33.5 Å². The van der Waals surface area contributed by atoms with E-state index in [1.54, 1.807) is 16.7 Å². The predicted molar refractivity (Wildman–Crippen MR) is 91.7 cm³/mol. The molecule has 3 heterocycles. The van der Waals surface area contributed by atoms with E-state index in [2.05, 4.69) is 38.0 Å². The van der Waals surface area contributed by atoms with Gasteiger partial charge in [-0.2, -0.15) is 0 Å². The number of rotatable bonds is 5. The Kier molecular flexibility index (Phi) is 5.07. The Morgan fingerprint density at radius 3 is 3.14 bits per heavy atom. The molecule has 3 rings (SSSR count). The fraction of sp³-hybridized carbons (Fsp3) is 0.467. The van der Waals surface area contributed by atoms with E-state index >= 15 is 0 Å². The lowest BCUT2D eigenvalue weighted by Gasteiger charge is -2.32. The Hall–Kier alpha value is -1.44. The molecule has 2 aromatic rings. The number of carbonyl (C=O) groups excluding carboxylic acids is 1. The Morgan fingerprint density at radius 1 is 1.50 bits per heavy atom. The summed E-state index contributed by atoms with van der Waals surface area (Å²) < 4.78 is 0. The van der Waals surface area contributed by atoms with Gasteiger partial charge in [0.05, 0.1) is 0 Å². The third-order valence-electron chi connectivity index (χ3n) is 3.75. The van der Waals surface area contributed by atoms with E-state index in [0.717, 1.165) is 37.6 Å². The lowest BCUT2D eigenvalue weighted by atomic mass is 10.1. The minimum atomic E-state index is -0.0688. The first-order valence-electron chi connectivity index (χ1n) is 7.43. The second-order valence-corrected chi connectivity index (χ2v) is 7.31. The molecule has 1 aliphatic heterocycles. The Labute approximate surface area is 138 Å². The molecule has 1 aliphatic rings. The van der Waals surface area contributed by atoms with E-state index in [1.165, 1.54) is 16.2 Å². The smallest absolute Gasteiger partial charge is 0.271 e. The summed E-state index contributed by atoms with van der Waals surface area (Å²) >= 11 is 3.24. The van der Waals surface area contributed by atoms with Crippen molar-refractivity contribution in [1.82, 2.24) is 15.2 Å². The molecule has 0 saturated carbocycles. The summed E-state index contributed by atoms with van der Waals surface area (Å²) in [5, 5.41) is 10.8. The molecule has 1 atom stereocenters. The molecule has 0 spiro atoms. The summed E-state index contributed by atoms with van der Waals surface area (Å²) in [6.07, 6.45) is 2.16. The minimum absolute atomic E-state index is 0.0688. The van der Waals surface area contributed by atoms with Gasteiger partial charge < -0.3 is 10.6 Å². The Morgan fingerprint density at radius 2 is 2.41 bits per heavy atom. The largest absolute Gasteiger partial charge is 0.365 e. The van der Waals surface area contributed by atoms with E-state index in [-0.39, 0.29) is 11.9 Å². The van der Waals surface area contributed by atoms with E-state index in [9.17, 15) is 4.79 Å². The number of thiazole rings is 1. The number of likely N-dealkylation sites (tertiary alicyclic amines) is 1. The van der Waals surface area contributed by atoms with Crippen molar-refractivity contribution in [3.8, 4) is 0 Å². The van der Waals surface area contributed by atoms with Gasteiger partial charge in [0.25, 0.3) is 5.91 Å². The second-order valence-electron chi connectivity index (χ2n) is 5.41. The average molecular weight is 336 g/mol. The van der Waals surface area contributed by atoms with E-state index in [4.69, 9.17) is 0 Å². The molecule has 0 aromatic carbocycles. The molecule has 5 nitrogen and oxygen atoms in total. The lowest BCUT2D eigenvalue weighted by Crippen LogP contribution is -2.47. The van der Waals surface area contributed by atoms with Crippen LogP contribution in [0.4, 0.5) is 5.13 Å². The summed E-state index contributed by atoms with van der Waals surface area (Å²) in [5.41, 5.74) is 0.504. The monoisotopic (exact) mass is 336 g/mol. The quantitative estimate of drug-likeness (QED) is 0.881. The van der Waals surface area contributed by atoms with Gasteiger partial charge in [0, 0.05) is 36.4 Å². The molecule has 2 N–H and O–H groups in total. The zero-order chi connectivity index (χ0) is 15.4. The molecule has 7 heteroatoms. The predicted octanol–water partition coefficient (Wildman–Crippen LogP) is 2.64. The number of anilines is 1. The van der Waals surface area contributed by atoms with Crippen LogP contribution in [0.1, 0.15) is 28.2 Å². The SMILES string of the molecule is CNc1nc(C(=O)N[C@H]2CCCN(Cc3cccs3)C2)cs1. The van der Waals surface area contributed by atoms with Gasteiger partial charge in [0.15, 0.2) is 5.13 Å². The molecule has 118 valence electrons. The average Bonchev–Trinajstić information content (AvgIpc) is 3.18. The maximum absolute atomic E-state index is 12.3. The number of hydrogen-bond acceptors (Lipinski definition) is 6. The van der Waals surface area contributed by atoms with Gasteiger partial charge in [0.2, 0.25) is 0 Å². The second kappa shape index (κ2) is 7.21. The first kappa shape index (κ1) is 15.5. The van der Waals surface area contributed by atoms with Crippen molar-refractivity contribution in [2.24, 2.45) is 0 Å². The Balaban J connectivity index is 1.54. The molecule has 0 bridgehead atoms. The maximum Gasteiger partial charge on any atom is 0.271 e. The van der Waals surface area contributed by atoms with Crippen LogP contribution in [0, 0.1) is 0 Å². The number of amides is 1. The molecule has 1 fully saturated rings. The van der Waals surface area contributed by atoms with Gasteiger partial charge in [0.1, 0.15) is 5.69 Å². The molecule has 2 aromatic heterocycles. The molecule has 0 unspecified atom stereocenters. The topological polar surface area (TPSA) is 57.3 Å². The molecular weight excluding hydrogens is 316 g/mol. The maximum atomic E-state index is 12.3. The van der Waals surface area contributed by atoms with E-state index < -0.39 is 0 Å². The van der Waals surface area contributed by atoms with Gasteiger partial charge in [-0.15, -0.1) is 22.7 Å². The van der Waals surface area contributed by atoms with Crippen LogP contribution in [0.5, 0.6) is 0 Å². The van der Waals surface area contributed by atoms with E-state index in [1.807, 2.05) is 7.05 Å². The number of thiophene rings is 1. The van der Waals surface area contributed by atoms with Crippen molar-refractivity contribution >= 4 is 33.7 Å². The fourth-order valence-corrected chi connectivity index (χ4v) is 4.09. The number of hydrogen-bond donors (Lipinski definition) is 2. The van der Waals surface area contributed by atoms with Crippen LogP contribution in [0.3, 0.4) is 0 Å². The highest BCUT2D eigenvalue weighted by Gasteiger charge is 2.23. The molecule has 1 amide bonds. The van der Waals surface area contributed by atoms with Crippen LogP contribution in [-0.2, 0) is 6.54 Å². The molecule has 1 saturated heterocycles. The van der Waals surface area contributed by atoms with Crippen molar-refractivity contribution in [2.75, 3.05) is 25.5 Å². The molecule has 0 radical (unpaired) electrons. The molecule has 0 aliphatic carbocycles. The van der Waals surface area contributed by atoms with Gasteiger partial charge in [-0.05, 0) is 30.8 Å². The summed E-state index contributed by atoms with van der Waals surface area (Å²) in [5.74, 6) is -0.0688. The van der Waals surface area contributed by atoms with Gasteiger partial charge in [-0.3, -0.25) is 9.69 Å². The van der Waals surface area contributed by atoms with Gasteiger partial charge >= 0.3 is 0 Å². The van der Waals surface area contributed by atoms with Crippen LogP contribution in [0.15, 0.2) is 22.9 Å². The third-order valence-corrected chi connectivity index (χ3v) is 5.47. The highest BCUT2D eigenvalue weighted by Crippen LogP contribution is 2.18.